The lowest BCUT2D eigenvalue weighted by atomic mass is 10.1. The van der Waals surface area contributed by atoms with Crippen molar-refractivity contribution in [1.82, 2.24) is 20.4 Å². The number of benzene rings is 1. The molecule has 0 spiro atoms. The molecule has 0 atom stereocenters. The Hall–Kier alpha value is -2.76. The second-order valence-electron chi connectivity index (χ2n) is 5.23. The molecule has 0 saturated heterocycles. The predicted octanol–water partition coefficient (Wildman–Crippen LogP) is 2.47. The summed E-state index contributed by atoms with van der Waals surface area (Å²) in [7, 11) is 1.86. The predicted molar refractivity (Wildman–Crippen MR) is 83.2 cm³/mol. The molecule has 0 aliphatic carbocycles. The number of fused-ring (bicyclic) bond motifs is 1. The maximum atomic E-state index is 11.9. The van der Waals surface area contributed by atoms with Crippen LogP contribution in [0.2, 0.25) is 0 Å². The Morgan fingerprint density at radius 2 is 2.05 bits per heavy atom. The van der Waals surface area contributed by atoms with Crippen molar-refractivity contribution < 1.29 is 9.21 Å². The second-order valence-corrected chi connectivity index (χ2v) is 5.23. The molecule has 6 nitrogen and oxygen atoms in total. The van der Waals surface area contributed by atoms with Crippen LogP contribution >= 0.6 is 0 Å². The third kappa shape index (κ3) is 3.11. The minimum absolute atomic E-state index is 0.203. The molecule has 0 saturated carbocycles. The standard InChI is InChI=1S/C16H18N4O2/c1-11-7-14(20(2)19-11)10-18-16(21)17-9-12-3-4-15-13(8-12)5-6-22-15/h3-8H,9-10H2,1-2H3,(H2,17,18,21). The van der Waals surface area contributed by atoms with E-state index in [2.05, 4.69) is 15.7 Å². The topological polar surface area (TPSA) is 72.1 Å². The molecule has 6 heteroatoms. The van der Waals surface area contributed by atoms with Crippen molar-refractivity contribution in [2.75, 3.05) is 0 Å². The molecule has 3 rings (SSSR count). The number of hydrogen-bond donors (Lipinski definition) is 2. The minimum atomic E-state index is -0.203. The molecule has 0 fully saturated rings. The van der Waals surface area contributed by atoms with Crippen LogP contribution in [0.3, 0.4) is 0 Å². The largest absolute Gasteiger partial charge is 0.464 e. The normalized spacial score (nSPS) is 10.8. The van der Waals surface area contributed by atoms with Gasteiger partial charge in [-0.05, 0) is 36.8 Å². The van der Waals surface area contributed by atoms with Crippen LogP contribution in [0.25, 0.3) is 11.0 Å². The Labute approximate surface area is 128 Å². The van der Waals surface area contributed by atoms with Crippen molar-refractivity contribution in [2.45, 2.75) is 20.0 Å². The summed E-state index contributed by atoms with van der Waals surface area (Å²) in [5.74, 6) is 0. The monoisotopic (exact) mass is 298 g/mol. The zero-order chi connectivity index (χ0) is 15.5. The summed E-state index contributed by atoms with van der Waals surface area (Å²) in [6.45, 7) is 2.84. The zero-order valence-electron chi connectivity index (χ0n) is 12.6. The SMILES string of the molecule is Cc1cc(CNC(=O)NCc2ccc3occc3c2)n(C)n1. The fourth-order valence-corrected chi connectivity index (χ4v) is 2.37. The molecular weight excluding hydrogens is 280 g/mol. The van der Waals surface area contributed by atoms with Crippen LogP contribution in [0.1, 0.15) is 17.0 Å². The van der Waals surface area contributed by atoms with Crippen molar-refractivity contribution in [3.8, 4) is 0 Å². The second kappa shape index (κ2) is 5.93. The molecule has 1 aromatic carbocycles. The molecule has 2 heterocycles. The van der Waals surface area contributed by atoms with E-state index in [9.17, 15) is 4.79 Å². The van der Waals surface area contributed by atoms with Gasteiger partial charge in [0.2, 0.25) is 0 Å². The summed E-state index contributed by atoms with van der Waals surface area (Å²) < 4.78 is 7.06. The van der Waals surface area contributed by atoms with Crippen molar-refractivity contribution in [3.63, 3.8) is 0 Å². The summed E-state index contributed by atoms with van der Waals surface area (Å²) in [5.41, 5.74) is 3.78. The van der Waals surface area contributed by atoms with Gasteiger partial charge in [-0.2, -0.15) is 5.10 Å². The average Bonchev–Trinajstić information content (AvgIpc) is 3.08. The number of urea groups is 1. The first-order valence-corrected chi connectivity index (χ1v) is 7.09. The first-order valence-electron chi connectivity index (χ1n) is 7.09. The van der Waals surface area contributed by atoms with E-state index in [0.717, 1.165) is 27.9 Å². The number of nitrogens with zero attached hydrogens (tertiary/aromatic N) is 2. The average molecular weight is 298 g/mol. The van der Waals surface area contributed by atoms with Gasteiger partial charge in [-0.1, -0.05) is 6.07 Å². The number of hydrogen-bond acceptors (Lipinski definition) is 3. The van der Waals surface area contributed by atoms with Gasteiger partial charge in [0, 0.05) is 19.0 Å². The molecule has 0 bridgehead atoms. The van der Waals surface area contributed by atoms with Gasteiger partial charge in [0.15, 0.2) is 0 Å². The molecule has 0 radical (unpaired) electrons. The molecule has 2 amide bonds. The summed E-state index contributed by atoms with van der Waals surface area (Å²) in [6, 6.07) is 9.51. The Kier molecular flexibility index (Phi) is 3.82. The molecule has 2 N–H and O–H groups in total. The van der Waals surface area contributed by atoms with E-state index in [1.54, 1.807) is 10.9 Å². The van der Waals surface area contributed by atoms with Crippen LogP contribution in [0.4, 0.5) is 4.79 Å². The van der Waals surface area contributed by atoms with E-state index in [-0.39, 0.29) is 6.03 Å². The lowest BCUT2D eigenvalue weighted by molar-refractivity contribution is 0.240. The van der Waals surface area contributed by atoms with Gasteiger partial charge in [-0.15, -0.1) is 0 Å². The first kappa shape index (κ1) is 14.2. The fraction of sp³-hybridized carbons (Fsp3) is 0.250. The molecule has 114 valence electrons. The molecule has 0 unspecified atom stereocenters. The number of rotatable bonds is 4. The fourth-order valence-electron chi connectivity index (χ4n) is 2.37. The molecule has 3 aromatic rings. The highest BCUT2D eigenvalue weighted by Crippen LogP contribution is 2.16. The summed E-state index contributed by atoms with van der Waals surface area (Å²) >= 11 is 0. The lowest BCUT2D eigenvalue weighted by Crippen LogP contribution is -2.35. The number of aryl methyl sites for hydroxylation is 2. The van der Waals surface area contributed by atoms with Crippen LogP contribution in [-0.4, -0.2) is 15.8 Å². The van der Waals surface area contributed by atoms with Crippen LogP contribution in [0.5, 0.6) is 0 Å². The van der Waals surface area contributed by atoms with E-state index in [0.29, 0.717) is 13.1 Å². The van der Waals surface area contributed by atoms with E-state index in [1.165, 1.54) is 0 Å². The number of furan rings is 1. The molecule has 2 aromatic heterocycles. The van der Waals surface area contributed by atoms with Gasteiger partial charge in [0.1, 0.15) is 5.58 Å². The number of nitrogens with one attached hydrogen (secondary N) is 2. The third-order valence-corrected chi connectivity index (χ3v) is 3.50. The third-order valence-electron chi connectivity index (χ3n) is 3.50. The van der Waals surface area contributed by atoms with Gasteiger partial charge in [-0.3, -0.25) is 4.68 Å². The molecule has 22 heavy (non-hydrogen) atoms. The highest BCUT2D eigenvalue weighted by atomic mass is 16.3. The lowest BCUT2D eigenvalue weighted by Gasteiger charge is -2.08. The van der Waals surface area contributed by atoms with Gasteiger partial charge in [0.25, 0.3) is 0 Å². The van der Waals surface area contributed by atoms with Crippen LogP contribution < -0.4 is 10.6 Å². The van der Waals surface area contributed by atoms with Crippen LogP contribution in [-0.2, 0) is 20.1 Å². The van der Waals surface area contributed by atoms with Crippen molar-refractivity contribution in [2.24, 2.45) is 7.05 Å². The number of aromatic nitrogens is 2. The van der Waals surface area contributed by atoms with E-state index < -0.39 is 0 Å². The smallest absolute Gasteiger partial charge is 0.315 e. The summed E-state index contributed by atoms with van der Waals surface area (Å²) in [6.07, 6.45) is 1.66. The highest BCUT2D eigenvalue weighted by Gasteiger charge is 2.05. The number of carbonyl (C=O) groups excluding carboxylic acids is 1. The van der Waals surface area contributed by atoms with Crippen molar-refractivity contribution in [1.29, 1.82) is 0 Å². The minimum Gasteiger partial charge on any atom is -0.464 e. The Balaban J connectivity index is 1.52. The number of carbonyl (C=O) groups is 1. The molecule has 0 aliphatic rings. The molecule has 0 aliphatic heterocycles. The number of amides is 2. The van der Waals surface area contributed by atoms with Crippen molar-refractivity contribution in [3.05, 3.63) is 53.5 Å². The zero-order valence-corrected chi connectivity index (χ0v) is 12.6. The van der Waals surface area contributed by atoms with Gasteiger partial charge < -0.3 is 15.1 Å². The van der Waals surface area contributed by atoms with E-state index in [1.807, 2.05) is 44.3 Å². The van der Waals surface area contributed by atoms with Crippen LogP contribution in [0.15, 0.2) is 41.0 Å². The van der Waals surface area contributed by atoms with E-state index in [4.69, 9.17) is 4.42 Å². The highest BCUT2D eigenvalue weighted by molar-refractivity contribution is 5.78. The summed E-state index contributed by atoms with van der Waals surface area (Å²) in [5, 5.41) is 10.9. The van der Waals surface area contributed by atoms with Crippen molar-refractivity contribution >= 4 is 17.0 Å². The van der Waals surface area contributed by atoms with Crippen LogP contribution in [0, 0.1) is 6.92 Å². The first-order chi connectivity index (χ1) is 10.6. The van der Waals surface area contributed by atoms with Gasteiger partial charge in [0.05, 0.1) is 24.2 Å². The van der Waals surface area contributed by atoms with Gasteiger partial charge >= 0.3 is 6.03 Å². The summed E-state index contributed by atoms with van der Waals surface area (Å²) in [4.78, 5) is 11.9. The van der Waals surface area contributed by atoms with E-state index >= 15 is 0 Å². The maximum absolute atomic E-state index is 11.9. The maximum Gasteiger partial charge on any atom is 0.315 e. The Morgan fingerprint density at radius 3 is 2.82 bits per heavy atom. The quantitative estimate of drug-likeness (QED) is 0.777. The molecular formula is C16H18N4O2. The van der Waals surface area contributed by atoms with Gasteiger partial charge in [-0.25, -0.2) is 4.79 Å². The Morgan fingerprint density at radius 1 is 1.23 bits per heavy atom. The Bertz CT molecular complexity index is 803.